The van der Waals surface area contributed by atoms with E-state index in [0.29, 0.717) is 22.8 Å². The molecule has 0 spiro atoms. The number of benzene rings is 3. The van der Waals surface area contributed by atoms with Crippen molar-refractivity contribution in [1.29, 1.82) is 0 Å². The molecule has 3 aromatic carbocycles. The van der Waals surface area contributed by atoms with Crippen LogP contribution in [-0.4, -0.2) is 20.2 Å². The van der Waals surface area contributed by atoms with Gasteiger partial charge in [-0.15, -0.1) is 0 Å². The van der Waals surface area contributed by atoms with E-state index in [9.17, 15) is 4.79 Å². The molecule has 0 N–H and O–H groups in total. The highest BCUT2D eigenvalue weighted by Gasteiger charge is 2.22. The maximum absolute atomic E-state index is 12.3. The van der Waals surface area contributed by atoms with Crippen molar-refractivity contribution in [1.82, 2.24) is 0 Å². The number of rotatable bonds is 4. The molecule has 1 heterocycles. The third-order valence-corrected chi connectivity index (χ3v) is 4.49. The van der Waals surface area contributed by atoms with E-state index in [-0.39, 0.29) is 5.97 Å². The van der Waals surface area contributed by atoms with Crippen LogP contribution < -0.4 is 9.47 Å². The SMILES string of the molecule is COc1ccc(/C=C2/C=C(c3ccc4ccccc4c3)OC2=O)cc1OC. The van der Waals surface area contributed by atoms with Crippen LogP contribution in [0.5, 0.6) is 11.5 Å². The second-order valence-corrected chi connectivity index (χ2v) is 6.17. The molecule has 134 valence electrons. The Labute approximate surface area is 157 Å². The van der Waals surface area contributed by atoms with Gasteiger partial charge in [0.1, 0.15) is 5.76 Å². The van der Waals surface area contributed by atoms with E-state index in [1.165, 1.54) is 0 Å². The predicted octanol–water partition coefficient (Wildman–Crippen LogP) is 4.84. The molecular weight excluding hydrogens is 340 g/mol. The molecule has 0 saturated carbocycles. The highest BCUT2D eigenvalue weighted by molar-refractivity contribution is 6.05. The van der Waals surface area contributed by atoms with Crippen molar-refractivity contribution in [2.24, 2.45) is 0 Å². The Balaban J connectivity index is 1.68. The molecule has 0 amide bonds. The smallest absolute Gasteiger partial charge is 0.343 e. The van der Waals surface area contributed by atoms with E-state index in [4.69, 9.17) is 14.2 Å². The largest absolute Gasteiger partial charge is 0.493 e. The Morgan fingerprint density at radius 2 is 1.63 bits per heavy atom. The van der Waals surface area contributed by atoms with E-state index < -0.39 is 0 Å². The molecule has 4 nitrogen and oxygen atoms in total. The van der Waals surface area contributed by atoms with Gasteiger partial charge < -0.3 is 14.2 Å². The van der Waals surface area contributed by atoms with Crippen LogP contribution in [0.2, 0.25) is 0 Å². The van der Waals surface area contributed by atoms with Crippen molar-refractivity contribution in [3.05, 3.63) is 83.4 Å². The quantitative estimate of drug-likeness (QED) is 0.495. The van der Waals surface area contributed by atoms with Crippen LogP contribution in [0.25, 0.3) is 22.6 Å². The fraction of sp³-hybridized carbons (Fsp3) is 0.0870. The Morgan fingerprint density at radius 3 is 2.41 bits per heavy atom. The molecule has 0 aliphatic carbocycles. The molecule has 27 heavy (non-hydrogen) atoms. The predicted molar refractivity (Wildman–Crippen MR) is 106 cm³/mol. The van der Waals surface area contributed by atoms with E-state index in [1.807, 2.05) is 48.5 Å². The summed E-state index contributed by atoms with van der Waals surface area (Å²) in [6, 6.07) is 19.6. The van der Waals surface area contributed by atoms with Crippen LogP contribution in [0.4, 0.5) is 0 Å². The van der Waals surface area contributed by atoms with Crippen molar-refractivity contribution in [2.45, 2.75) is 0 Å². The van der Waals surface area contributed by atoms with Crippen molar-refractivity contribution < 1.29 is 19.0 Å². The van der Waals surface area contributed by atoms with Crippen molar-refractivity contribution in [3.8, 4) is 11.5 Å². The first-order chi connectivity index (χ1) is 13.2. The molecule has 0 aromatic heterocycles. The fourth-order valence-electron chi connectivity index (χ4n) is 3.10. The number of hydrogen-bond acceptors (Lipinski definition) is 4. The second kappa shape index (κ2) is 7.00. The number of esters is 1. The lowest BCUT2D eigenvalue weighted by Crippen LogP contribution is -1.97. The minimum Gasteiger partial charge on any atom is -0.493 e. The van der Waals surface area contributed by atoms with Crippen molar-refractivity contribution in [3.63, 3.8) is 0 Å². The number of carbonyl (C=O) groups is 1. The average Bonchev–Trinajstić information content (AvgIpc) is 3.07. The van der Waals surface area contributed by atoms with E-state index in [2.05, 4.69) is 6.07 Å². The molecule has 1 aliphatic rings. The zero-order valence-electron chi connectivity index (χ0n) is 15.1. The molecule has 0 radical (unpaired) electrons. The normalized spacial score (nSPS) is 15.0. The summed E-state index contributed by atoms with van der Waals surface area (Å²) in [6.45, 7) is 0. The van der Waals surface area contributed by atoms with Gasteiger partial charge in [0.05, 0.1) is 19.8 Å². The molecule has 0 bridgehead atoms. The lowest BCUT2D eigenvalue weighted by atomic mass is 10.0. The Bertz CT molecular complexity index is 1090. The minimum atomic E-state index is -0.368. The summed E-state index contributed by atoms with van der Waals surface area (Å²) in [4.78, 5) is 12.3. The standard InChI is InChI=1S/C23H18O4/c1-25-20-10-7-15(12-22(20)26-2)11-19-14-21(27-23(19)24)18-9-8-16-5-3-4-6-17(16)13-18/h3-14H,1-2H3/b19-11-. The lowest BCUT2D eigenvalue weighted by Gasteiger charge is -2.07. The van der Waals surface area contributed by atoms with Gasteiger partial charge in [0.15, 0.2) is 11.5 Å². The minimum absolute atomic E-state index is 0.368. The summed E-state index contributed by atoms with van der Waals surface area (Å²) >= 11 is 0. The number of methoxy groups -OCH3 is 2. The monoisotopic (exact) mass is 358 g/mol. The van der Waals surface area contributed by atoms with Crippen LogP contribution >= 0.6 is 0 Å². The maximum Gasteiger partial charge on any atom is 0.343 e. The molecule has 0 saturated heterocycles. The van der Waals surface area contributed by atoms with E-state index in [1.54, 1.807) is 32.4 Å². The molecular formula is C23H18O4. The number of hydrogen-bond donors (Lipinski definition) is 0. The summed E-state index contributed by atoms with van der Waals surface area (Å²) in [5.74, 6) is 1.43. The maximum atomic E-state index is 12.3. The first kappa shape index (κ1) is 16.9. The first-order valence-electron chi connectivity index (χ1n) is 8.55. The van der Waals surface area contributed by atoms with Gasteiger partial charge in [0.2, 0.25) is 0 Å². The zero-order valence-corrected chi connectivity index (χ0v) is 15.1. The molecule has 3 aromatic rings. The van der Waals surface area contributed by atoms with E-state index >= 15 is 0 Å². The van der Waals surface area contributed by atoms with Gasteiger partial charge in [-0.25, -0.2) is 4.79 Å². The summed E-state index contributed by atoms with van der Waals surface area (Å²) in [7, 11) is 3.17. The van der Waals surface area contributed by atoms with Gasteiger partial charge in [-0.3, -0.25) is 0 Å². The fourth-order valence-corrected chi connectivity index (χ4v) is 3.10. The highest BCUT2D eigenvalue weighted by Crippen LogP contribution is 2.32. The summed E-state index contributed by atoms with van der Waals surface area (Å²) in [6.07, 6.45) is 3.54. The third-order valence-electron chi connectivity index (χ3n) is 4.49. The summed E-state index contributed by atoms with van der Waals surface area (Å²) in [5.41, 5.74) is 2.19. The highest BCUT2D eigenvalue weighted by atomic mass is 16.5. The zero-order chi connectivity index (χ0) is 18.8. The van der Waals surface area contributed by atoms with Gasteiger partial charge in [0.25, 0.3) is 0 Å². The van der Waals surface area contributed by atoms with Gasteiger partial charge in [-0.2, -0.15) is 0 Å². The topological polar surface area (TPSA) is 44.8 Å². The Morgan fingerprint density at radius 1 is 0.852 bits per heavy atom. The number of ether oxygens (including phenoxy) is 3. The average molecular weight is 358 g/mol. The Kier molecular flexibility index (Phi) is 4.38. The molecule has 0 unspecified atom stereocenters. The van der Waals surface area contributed by atoms with Gasteiger partial charge in [-0.1, -0.05) is 42.5 Å². The van der Waals surface area contributed by atoms with Crippen LogP contribution in [0.3, 0.4) is 0 Å². The summed E-state index contributed by atoms with van der Waals surface area (Å²) in [5, 5.41) is 2.25. The third kappa shape index (κ3) is 3.29. The second-order valence-electron chi connectivity index (χ2n) is 6.17. The molecule has 0 fully saturated rings. The van der Waals surface area contributed by atoms with Crippen LogP contribution in [0.1, 0.15) is 11.1 Å². The number of cyclic esters (lactones) is 1. The van der Waals surface area contributed by atoms with Crippen LogP contribution in [-0.2, 0) is 9.53 Å². The van der Waals surface area contributed by atoms with Gasteiger partial charge in [-0.05, 0) is 46.7 Å². The van der Waals surface area contributed by atoms with Crippen molar-refractivity contribution in [2.75, 3.05) is 14.2 Å². The number of fused-ring (bicyclic) bond motifs is 1. The molecule has 4 rings (SSSR count). The van der Waals surface area contributed by atoms with Crippen molar-refractivity contribution >= 4 is 28.6 Å². The van der Waals surface area contributed by atoms with Crippen LogP contribution in [0.15, 0.2) is 72.3 Å². The van der Waals surface area contributed by atoms with Gasteiger partial charge in [0, 0.05) is 5.56 Å². The molecule has 4 heteroatoms. The van der Waals surface area contributed by atoms with Gasteiger partial charge >= 0.3 is 5.97 Å². The number of carbonyl (C=O) groups excluding carboxylic acids is 1. The Hall–Kier alpha value is -3.53. The molecule has 0 atom stereocenters. The van der Waals surface area contributed by atoms with E-state index in [0.717, 1.165) is 21.9 Å². The van der Waals surface area contributed by atoms with Crippen LogP contribution in [0, 0.1) is 0 Å². The molecule has 1 aliphatic heterocycles. The first-order valence-corrected chi connectivity index (χ1v) is 8.55. The summed E-state index contributed by atoms with van der Waals surface area (Å²) < 4.78 is 16.0. The lowest BCUT2D eigenvalue weighted by molar-refractivity contribution is -0.130.